The van der Waals surface area contributed by atoms with Crippen LogP contribution in [0.1, 0.15) is 115 Å². The first-order valence-electron chi connectivity index (χ1n) is 17.0. The molecule has 2 aromatic rings. The molecule has 2 aromatic carbocycles. The van der Waals surface area contributed by atoms with E-state index in [1.54, 1.807) is 24.3 Å². The van der Waals surface area contributed by atoms with Crippen LogP contribution in [-0.2, 0) is 18.3 Å². The maximum atomic E-state index is 13.9. The van der Waals surface area contributed by atoms with Crippen LogP contribution in [0.15, 0.2) is 42.5 Å². The molecule has 0 aliphatic rings. The van der Waals surface area contributed by atoms with Crippen LogP contribution in [0.25, 0.3) is 0 Å². The van der Waals surface area contributed by atoms with Crippen molar-refractivity contribution in [3.63, 3.8) is 0 Å². The lowest BCUT2D eigenvalue weighted by Crippen LogP contribution is -2.24. The zero-order valence-electron chi connectivity index (χ0n) is 27.9. The van der Waals surface area contributed by atoms with E-state index >= 15 is 0 Å². The molecule has 2 unspecified atom stereocenters. The van der Waals surface area contributed by atoms with Crippen molar-refractivity contribution >= 4 is 19.4 Å². The summed E-state index contributed by atoms with van der Waals surface area (Å²) in [5, 5.41) is 9.41. The zero-order valence-corrected chi connectivity index (χ0v) is 29.5. The quantitative estimate of drug-likeness (QED) is 0.0652. The monoisotopic (exact) mass is 681 g/mol. The molecule has 0 aliphatic carbocycles. The maximum Gasteiger partial charge on any atom is 0.529 e. The molecule has 0 radical (unpaired) electrons. The number of nitrogens with zero attached hydrogens (tertiary/aromatic N) is 1. The normalized spacial score (nSPS) is 13.2. The molecule has 258 valence electrons. The minimum Gasteiger partial charge on any atom is -0.493 e. The minimum absolute atomic E-state index is 0.0725. The maximum absolute atomic E-state index is 13.9. The summed E-state index contributed by atoms with van der Waals surface area (Å²) in [6, 6.07) is 12.3. The third-order valence-electron chi connectivity index (χ3n) is 7.72. The Morgan fingerprint density at radius 2 is 1.41 bits per heavy atom. The summed E-state index contributed by atoms with van der Waals surface area (Å²) < 4.78 is 55.0. The summed E-state index contributed by atoms with van der Waals surface area (Å²) in [7, 11) is -2.77. The van der Waals surface area contributed by atoms with Gasteiger partial charge in [-0.1, -0.05) is 127 Å². The van der Waals surface area contributed by atoms with Crippen molar-refractivity contribution in [3.8, 4) is 17.6 Å². The number of hydrogen-bond acceptors (Lipinski definition) is 7. The van der Waals surface area contributed by atoms with E-state index in [-0.39, 0.29) is 47.8 Å². The van der Waals surface area contributed by atoms with Gasteiger partial charge in [-0.05, 0) is 30.7 Å². The molecule has 2 rings (SSSR count). The Morgan fingerprint density at radius 3 is 1.98 bits per heavy atom. The summed E-state index contributed by atoms with van der Waals surface area (Å²) in [6.07, 6.45) is 20.9. The Balaban J connectivity index is 1.68. The van der Waals surface area contributed by atoms with Gasteiger partial charge >= 0.3 is 7.82 Å². The summed E-state index contributed by atoms with van der Waals surface area (Å²) in [5.74, 6) is -0.570. The first kappa shape index (κ1) is 40.0. The van der Waals surface area contributed by atoms with E-state index in [1.807, 2.05) is 6.07 Å². The van der Waals surface area contributed by atoms with Crippen molar-refractivity contribution in [2.45, 2.75) is 110 Å². The molecule has 0 amide bonds. The average Bonchev–Trinajstić information content (AvgIpc) is 3.05. The number of ether oxygens (including phenoxy) is 2. The number of rotatable bonds is 28. The average molecular weight is 682 g/mol. The van der Waals surface area contributed by atoms with E-state index < -0.39 is 13.6 Å². The Labute approximate surface area is 281 Å². The number of para-hydroxylation sites is 1. The number of hydrogen-bond donors (Lipinski definition) is 0. The molecule has 0 fully saturated rings. The van der Waals surface area contributed by atoms with Crippen LogP contribution < -0.4 is 9.26 Å². The van der Waals surface area contributed by atoms with Gasteiger partial charge < -0.3 is 14.0 Å². The first-order valence-corrected chi connectivity index (χ1v) is 18.9. The molecule has 2 atom stereocenters. The molecule has 46 heavy (non-hydrogen) atoms. The second kappa shape index (κ2) is 25.0. The highest BCUT2D eigenvalue weighted by Gasteiger charge is 2.29. The molecule has 0 N–H and O–H groups in total. The van der Waals surface area contributed by atoms with E-state index in [0.717, 1.165) is 18.9 Å². The fourth-order valence-electron chi connectivity index (χ4n) is 5.02. The lowest BCUT2D eigenvalue weighted by molar-refractivity contribution is 0.0457. The van der Waals surface area contributed by atoms with Crippen LogP contribution in [-0.4, -0.2) is 33.5 Å². The lowest BCUT2D eigenvalue weighted by atomic mass is 10.0. The second-order valence-electron chi connectivity index (χ2n) is 11.8. The Morgan fingerprint density at radius 1 is 0.826 bits per heavy atom. The van der Waals surface area contributed by atoms with Crippen molar-refractivity contribution in [3.05, 3.63) is 58.9 Å². The third-order valence-corrected chi connectivity index (χ3v) is 9.37. The Hall–Kier alpha value is -2.14. The highest BCUT2D eigenvalue weighted by atomic mass is 35.5. The van der Waals surface area contributed by atoms with Gasteiger partial charge in [0.25, 0.3) is 0 Å². The van der Waals surface area contributed by atoms with Crippen LogP contribution >= 0.6 is 19.4 Å². The predicted molar refractivity (Wildman–Crippen MR) is 183 cm³/mol. The van der Waals surface area contributed by atoms with Gasteiger partial charge in [0.1, 0.15) is 17.3 Å². The van der Waals surface area contributed by atoms with Gasteiger partial charge in [0.2, 0.25) is 0 Å². The molecule has 0 heterocycles. The summed E-state index contributed by atoms with van der Waals surface area (Å²) in [5.41, 5.74) is 0.152. The van der Waals surface area contributed by atoms with Crippen LogP contribution in [0, 0.1) is 23.1 Å². The van der Waals surface area contributed by atoms with E-state index in [1.165, 1.54) is 109 Å². The predicted octanol–water partition coefficient (Wildman–Crippen LogP) is 11.5. The second-order valence-corrected chi connectivity index (χ2v) is 13.9. The third kappa shape index (κ3) is 18.3. The fraction of sp³-hybridized carbons (Fsp3) is 0.639. The van der Waals surface area contributed by atoms with Crippen LogP contribution in [0.4, 0.5) is 4.39 Å². The number of phosphoric ester groups is 1. The zero-order chi connectivity index (χ0) is 33.3. The number of halogens is 2. The van der Waals surface area contributed by atoms with E-state index in [0.29, 0.717) is 6.61 Å². The molecular weight excluding hydrogens is 628 g/mol. The summed E-state index contributed by atoms with van der Waals surface area (Å²) in [4.78, 5) is 0. The number of benzene rings is 2. The fourth-order valence-corrected chi connectivity index (χ4v) is 6.28. The van der Waals surface area contributed by atoms with Crippen LogP contribution in [0.5, 0.6) is 11.5 Å². The molecular formula is C36H54ClFNO6P. The Bertz CT molecular complexity index is 1180. The summed E-state index contributed by atoms with van der Waals surface area (Å²) in [6.45, 7) is 3.10. The SMILES string of the molecule is CCCCCCCCCCCCCCCCCCOCC(COc1cc(F)cc(C#N)c1)COP(=O)(OC)Oc1ccccc1Cl. The van der Waals surface area contributed by atoms with Gasteiger partial charge in [-0.25, -0.2) is 8.96 Å². The lowest BCUT2D eigenvalue weighted by Gasteiger charge is -2.22. The highest BCUT2D eigenvalue weighted by molar-refractivity contribution is 7.48. The molecule has 0 saturated heterocycles. The number of phosphoric acid groups is 1. The van der Waals surface area contributed by atoms with Gasteiger partial charge in [0.05, 0.1) is 36.5 Å². The summed E-state index contributed by atoms with van der Waals surface area (Å²) >= 11 is 6.14. The molecule has 0 saturated carbocycles. The van der Waals surface area contributed by atoms with Crippen molar-refractivity contribution in [1.29, 1.82) is 5.26 Å². The van der Waals surface area contributed by atoms with Gasteiger partial charge in [0.15, 0.2) is 0 Å². The van der Waals surface area contributed by atoms with Gasteiger partial charge in [0, 0.05) is 25.7 Å². The van der Waals surface area contributed by atoms with Crippen molar-refractivity contribution in [1.82, 2.24) is 0 Å². The van der Waals surface area contributed by atoms with Gasteiger partial charge in [-0.2, -0.15) is 5.26 Å². The molecule has 0 bridgehead atoms. The highest BCUT2D eigenvalue weighted by Crippen LogP contribution is 2.50. The van der Waals surface area contributed by atoms with Crippen LogP contribution in [0.2, 0.25) is 5.02 Å². The topological polar surface area (TPSA) is 87.0 Å². The van der Waals surface area contributed by atoms with E-state index in [9.17, 15) is 8.96 Å². The molecule has 0 spiro atoms. The smallest absolute Gasteiger partial charge is 0.493 e. The minimum atomic E-state index is -4.00. The van der Waals surface area contributed by atoms with Crippen molar-refractivity contribution in [2.75, 3.05) is 33.5 Å². The Kier molecular flexibility index (Phi) is 21.7. The largest absolute Gasteiger partial charge is 0.529 e. The van der Waals surface area contributed by atoms with Gasteiger partial charge in [-0.3, -0.25) is 9.05 Å². The number of unbranched alkanes of at least 4 members (excludes halogenated alkanes) is 15. The standard InChI is InChI=1S/C36H54ClFNO6P/c1-3-4-5-6-7-8-9-10-11-12-13-14-15-16-17-20-23-42-28-32(29-43-34-25-31(27-39)24-33(38)26-34)30-44-46(40,41-2)45-36-22-19-18-21-35(36)37/h18-19,21-22,24-26,32H,3-17,20,23,28-30H2,1-2H3. The van der Waals surface area contributed by atoms with Crippen LogP contribution in [0.3, 0.4) is 0 Å². The van der Waals surface area contributed by atoms with E-state index in [2.05, 4.69) is 6.92 Å². The first-order chi connectivity index (χ1) is 22.4. The molecule has 10 heteroatoms. The van der Waals surface area contributed by atoms with E-state index in [4.69, 9.17) is 39.9 Å². The molecule has 0 aromatic heterocycles. The van der Waals surface area contributed by atoms with Gasteiger partial charge in [-0.15, -0.1) is 0 Å². The molecule has 0 aliphatic heterocycles. The van der Waals surface area contributed by atoms with Crippen molar-refractivity contribution < 1.29 is 32.0 Å². The molecule has 7 nitrogen and oxygen atoms in total. The van der Waals surface area contributed by atoms with Crippen molar-refractivity contribution in [2.24, 2.45) is 5.92 Å². The number of nitriles is 1.